The molecular weight excluding hydrogens is 338 g/mol. The fourth-order valence-corrected chi connectivity index (χ4v) is 3.52. The Morgan fingerprint density at radius 3 is 2.67 bits per heavy atom. The van der Waals surface area contributed by atoms with Gasteiger partial charge in [-0.05, 0) is 55.0 Å². The van der Waals surface area contributed by atoms with Gasteiger partial charge in [-0.2, -0.15) is 0 Å². The number of anilines is 1. The summed E-state index contributed by atoms with van der Waals surface area (Å²) in [7, 11) is 0. The number of benzene rings is 2. The predicted molar refractivity (Wildman–Crippen MR) is 107 cm³/mol. The molecule has 1 amide bonds. The molecule has 0 N–H and O–H groups in total. The molecule has 0 spiro atoms. The van der Waals surface area contributed by atoms with E-state index in [1.165, 1.54) is 0 Å². The third-order valence-electron chi connectivity index (χ3n) is 5.60. The second-order valence-electron chi connectivity index (χ2n) is 7.39. The molecule has 1 saturated heterocycles. The SMILES string of the molecule is CC[C@@H](C)c1ccccc1OC(=O)[C@H]1CC(=O)N(c2cccc(C)c2C)C1. The van der Waals surface area contributed by atoms with Crippen LogP contribution in [0.15, 0.2) is 42.5 Å². The van der Waals surface area contributed by atoms with Crippen molar-refractivity contribution in [2.75, 3.05) is 11.4 Å². The fraction of sp³-hybridized carbons (Fsp3) is 0.391. The Kier molecular flexibility index (Phi) is 5.64. The number of ether oxygens (including phenoxy) is 1. The van der Waals surface area contributed by atoms with Crippen molar-refractivity contribution in [3.05, 3.63) is 59.2 Å². The summed E-state index contributed by atoms with van der Waals surface area (Å²) < 4.78 is 5.72. The summed E-state index contributed by atoms with van der Waals surface area (Å²) in [5.41, 5.74) is 4.12. The Morgan fingerprint density at radius 1 is 1.19 bits per heavy atom. The topological polar surface area (TPSA) is 46.6 Å². The molecule has 0 aliphatic carbocycles. The zero-order chi connectivity index (χ0) is 19.6. The lowest BCUT2D eigenvalue weighted by Gasteiger charge is -2.20. The lowest BCUT2D eigenvalue weighted by Crippen LogP contribution is -2.28. The fourth-order valence-electron chi connectivity index (χ4n) is 3.52. The average Bonchev–Trinajstić information content (AvgIpc) is 3.05. The summed E-state index contributed by atoms with van der Waals surface area (Å²) in [5.74, 6) is 0.121. The number of hydrogen-bond donors (Lipinski definition) is 0. The highest BCUT2D eigenvalue weighted by molar-refractivity contribution is 6.00. The Hall–Kier alpha value is -2.62. The van der Waals surface area contributed by atoms with E-state index in [1.54, 1.807) is 4.90 Å². The Labute approximate surface area is 161 Å². The van der Waals surface area contributed by atoms with Crippen molar-refractivity contribution >= 4 is 17.6 Å². The van der Waals surface area contributed by atoms with E-state index < -0.39 is 5.92 Å². The van der Waals surface area contributed by atoms with Crippen molar-refractivity contribution in [1.29, 1.82) is 0 Å². The number of esters is 1. The molecule has 1 heterocycles. The van der Waals surface area contributed by atoms with Gasteiger partial charge in [-0.1, -0.05) is 44.2 Å². The number of aryl methyl sites for hydroxylation is 1. The summed E-state index contributed by atoms with van der Waals surface area (Å²) in [6.45, 7) is 8.63. The number of nitrogens with zero attached hydrogens (tertiary/aromatic N) is 1. The van der Waals surface area contributed by atoms with Gasteiger partial charge in [0.15, 0.2) is 0 Å². The molecule has 1 aliphatic heterocycles. The van der Waals surface area contributed by atoms with Gasteiger partial charge in [0.05, 0.1) is 5.92 Å². The van der Waals surface area contributed by atoms with Gasteiger partial charge < -0.3 is 9.64 Å². The maximum atomic E-state index is 12.8. The summed E-state index contributed by atoms with van der Waals surface area (Å²) in [4.78, 5) is 27.0. The third-order valence-corrected chi connectivity index (χ3v) is 5.60. The van der Waals surface area contributed by atoms with Gasteiger partial charge in [-0.25, -0.2) is 0 Å². The number of para-hydroxylation sites is 1. The zero-order valence-corrected chi connectivity index (χ0v) is 16.5. The van der Waals surface area contributed by atoms with Gasteiger partial charge in [0.25, 0.3) is 0 Å². The highest BCUT2D eigenvalue weighted by atomic mass is 16.5. The normalized spacial score (nSPS) is 17.9. The van der Waals surface area contributed by atoms with E-state index >= 15 is 0 Å². The van der Waals surface area contributed by atoms with Crippen LogP contribution in [0.3, 0.4) is 0 Å². The van der Waals surface area contributed by atoms with Crippen LogP contribution in [0, 0.1) is 19.8 Å². The van der Waals surface area contributed by atoms with Crippen LogP contribution in [0.1, 0.15) is 49.3 Å². The van der Waals surface area contributed by atoms with E-state index in [0.717, 1.165) is 28.8 Å². The summed E-state index contributed by atoms with van der Waals surface area (Å²) in [6, 6.07) is 13.6. The second-order valence-corrected chi connectivity index (χ2v) is 7.39. The van der Waals surface area contributed by atoms with Crippen molar-refractivity contribution in [2.45, 2.75) is 46.5 Å². The molecule has 2 aromatic rings. The van der Waals surface area contributed by atoms with Crippen molar-refractivity contribution < 1.29 is 14.3 Å². The molecule has 0 unspecified atom stereocenters. The second kappa shape index (κ2) is 7.95. The molecule has 2 atom stereocenters. The van der Waals surface area contributed by atoms with Gasteiger partial charge in [0.1, 0.15) is 5.75 Å². The smallest absolute Gasteiger partial charge is 0.316 e. The third kappa shape index (κ3) is 3.90. The molecular formula is C23H27NO3. The Bertz CT molecular complexity index is 858. The first kappa shape index (κ1) is 19.2. The molecule has 4 heteroatoms. The predicted octanol–water partition coefficient (Wildman–Crippen LogP) is 4.78. The molecule has 0 radical (unpaired) electrons. The van der Waals surface area contributed by atoms with Crippen LogP contribution in [-0.2, 0) is 9.59 Å². The number of rotatable bonds is 5. The number of amides is 1. The van der Waals surface area contributed by atoms with Gasteiger partial charge in [0.2, 0.25) is 5.91 Å². The van der Waals surface area contributed by atoms with Gasteiger partial charge >= 0.3 is 5.97 Å². The molecule has 4 nitrogen and oxygen atoms in total. The minimum absolute atomic E-state index is 0.0270. The average molecular weight is 365 g/mol. The first-order valence-corrected chi connectivity index (χ1v) is 9.59. The van der Waals surface area contributed by atoms with E-state index in [4.69, 9.17) is 4.74 Å². The van der Waals surface area contributed by atoms with Crippen LogP contribution < -0.4 is 9.64 Å². The van der Waals surface area contributed by atoms with E-state index in [9.17, 15) is 9.59 Å². The minimum Gasteiger partial charge on any atom is -0.426 e. The first-order valence-electron chi connectivity index (χ1n) is 9.59. The molecule has 2 aromatic carbocycles. The monoisotopic (exact) mass is 365 g/mol. The van der Waals surface area contributed by atoms with Crippen molar-refractivity contribution in [3.63, 3.8) is 0 Å². The maximum Gasteiger partial charge on any atom is 0.316 e. The maximum absolute atomic E-state index is 12.8. The lowest BCUT2D eigenvalue weighted by atomic mass is 9.98. The quantitative estimate of drug-likeness (QED) is 0.566. The van der Waals surface area contributed by atoms with E-state index in [-0.39, 0.29) is 18.3 Å². The molecule has 0 aromatic heterocycles. The van der Waals surface area contributed by atoms with Gasteiger partial charge in [0, 0.05) is 18.7 Å². The summed E-state index contributed by atoms with van der Waals surface area (Å²) in [5, 5.41) is 0. The standard InChI is InChI=1S/C23H27NO3/c1-5-15(2)19-10-6-7-12-21(19)27-23(26)18-13-22(25)24(14-18)20-11-8-9-16(3)17(20)4/h6-12,15,18H,5,13-14H2,1-4H3/t15-,18+/m1/s1. The highest BCUT2D eigenvalue weighted by Gasteiger charge is 2.37. The molecule has 27 heavy (non-hydrogen) atoms. The highest BCUT2D eigenvalue weighted by Crippen LogP contribution is 2.32. The van der Waals surface area contributed by atoms with Crippen LogP contribution in [-0.4, -0.2) is 18.4 Å². The first-order chi connectivity index (χ1) is 12.9. The number of carbonyl (C=O) groups excluding carboxylic acids is 2. The van der Waals surface area contributed by atoms with Gasteiger partial charge in [-0.15, -0.1) is 0 Å². The molecule has 1 aliphatic rings. The molecule has 1 fully saturated rings. The zero-order valence-electron chi connectivity index (χ0n) is 16.5. The van der Waals surface area contributed by atoms with E-state index in [1.807, 2.05) is 56.3 Å². The van der Waals surface area contributed by atoms with Crippen LogP contribution in [0.2, 0.25) is 0 Å². The van der Waals surface area contributed by atoms with Crippen LogP contribution in [0.5, 0.6) is 5.75 Å². The van der Waals surface area contributed by atoms with Crippen LogP contribution in [0.4, 0.5) is 5.69 Å². The minimum atomic E-state index is -0.442. The molecule has 0 bridgehead atoms. The summed E-state index contributed by atoms with van der Waals surface area (Å²) in [6.07, 6.45) is 1.16. The largest absolute Gasteiger partial charge is 0.426 e. The number of hydrogen-bond acceptors (Lipinski definition) is 3. The van der Waals surface area contributed by atoms with E-state index in [0.29, 0.717) is 18.2 Å². The Balaban J connectivity index is 1.76. The van der Waals surface area contributed by atoms with Crippen molar-refractivity contribution in [3.8, 4) is 5.75 Å². The van der Waals surface area contributed by atoms with Crippen LogP contribution in [0.25, 0.3) is 0 Å². The lowest BCUT2D eigenvalue weighted by molar-refractivity contribution is -0.139. The van der Waals surface area contributed by atoms with Crippen LogP contribution >= 0.6 is 0 Å². The van der Waals surface area contributed by atoms with E-state index in [2.05, 4.69) is 13.8 Å². The Morgan fingerprint density at radius 2 is 1.93 bits per heavy atom. The summed E-state index contributed by atoms with van der Waals surface area (Å²) >= 11 is 0. The molecule has 0 saturated carbocycles. The number of carbonyl (C=O) groups is 2. The molecule has 3 rings (SSSR count). The van der Waals surface area contributed by atoms with Crippen molar-refractivity contribution in [1.82, 2.24) is 0 Å². The van der Waals surface area contributed by atoms with Gasteiger partial charge in [-0.3, -0.25) is 9.59 Å². The molecule has 142 valence electrons. The van der Waals surface area contributed by atoms with Crippen molar-refractivity contribution in [2.24, 2.45) is 5.92 Å².